The van der Waals surface area contributed by atoms with Crippen molar-refractivity contribution in [3.05, 3.63) is 16.0 Å². The first-order valence-electron chi connectivity index (χ1n) is 6.18. The second kappa shape index (κ2) is 9.52. The van der Waals surface area contributed by atoms with E-state index in [1.54, 1.807) is 13.0 Å². The van der Waals surface area contributed by atoms with Crippen LogP contribution in [-0.4, -0.2) is 52.6 Å². The summed E-state index contributed by atoms with van der Waals surface area (Å²) in [5, 5.41) is 3.26. The molecule has 0 amide bonds. The Kier molecular flexibility index (Phi) is 9.70. The third-order valence-electron chi connectivity index (χ3n) is 3.03. The topological polar surface area (TPSA) is 61.4 Å². The Bertz CT molecular complexity index is 511. The Morgan fingerprint density at radius 1 is 1.38 bits per heavy atom. The summed E-state index contributed by atoms with van der Waals surface area (Å²) in [4.78, 5) is 2.24. The normalized spacial score (nSPS) is 16.1. The second-order valence-corrected chi connectivity index (χ2v) is 8.16. The maximum Gasteiger partial charge on any atom is 0.250 e. The van der Waals surface area contributed by atoms with Crippen LogP contribution in [0.5, 0.6) is 0 Å². The molecule has 1 aliphatic heterocycles. The van der Waals surface area contributed by atoms with Crippen molar-refractivity contribution >= 4 is 57.8 Å². The number of hydrogen-bond acceptors (Lipinski definition) is 5. The largest absolute Gasteiger partial charge is 0.314 e. The smallest absolute Gasteiger partial charge is 0.250 e. The molecule has 1 saturated heterocycles. The fraction of sp³-hybridized carbons (Fsp3) is 0.636. The van der Waals surface area contributed by atoms with Gasteiger partial charge < -0.3 is 5.32 Å². The lowest BCUT2D eigenvalue weighted by molar-refractivity contribution is 0.245. The van der Waals surface area contributed by atoms with Gasteiger partial charge >= 0.3 is 0 Å². The minimum atomic E-state index is -3.42. The van der Waals surface area contributed by atoms with E-state index in [1.807, 2.05) is 0 Å². The highest BCUT2D eigenvalue weighted by atomic mass is 35.5. The van der Waals surface area contributed by atoms with Crippen molar-refractivity contribution in [2.75, 3.05) is 39.3 Å². The van der Waals surface area contributed by atoms with Gasteiger partial charge in [-0.3, -0.25) is 4.90 Å². The summed E-state index contributed by atoms with van der Waals surface area (Å²) >= 11 is 7.00. The molecule has 124 valence electrons. The van der Waals surface area contributed by atoms with Gasteiger partial charge in [0.15, 0.2) is 0 Å². The zero-order valence-electron chi connectivity index (χ0n) is 11.6. The van der Waals surface area contributed by atoms with E-state index in [0.29, 0.717) is 10.9 Å². The van der Waals surface area contributed by atoms with Crippen LogP contribution >= 0.6 is 47.8 Å². The van der Waals surface area contributed by atoms with E-state index in [0.717, 1.165) is 49.6 Å². The lowest BCUT2D eigenvalue weighted by Gasteiger charge is -2.26. The monoisotopic (exact) mass is 395 g/mol. The van der Waals surface area contributed by atoms with Crippen LogP contribution in [0.15, 0.2) is 10.3 Å². The molecule has 0 atom stereocenters. The zero-order valence-corrected chi connectivity index (χ0v) is 15.6. The number of rotatable bonds is 5. The lowest BCUT2D eigenvalue weighted by Crippen LogP contribution is -2.46. The summed E-state index contributed by atoms with van der Waals surface area (Å²) in [5.74, 6) is 0. The molecule has 0 bridgehead atoms. The van der Waals surface area contributed by atoms with E-state index < -0.39 is 10.0 Å². The Labute approximate surface area is 147 Å². The SMILES string of the molecule is Cc1cc(S(=O)(=O)NCCN2CCNCC2)sc1Cl.Cl.Cl. The maximum atomic E-state index is 12.0. The van der Waals surface area contributed by atoms with Crippen molar-refractivity contribution in [1.82, 2.24) is 14.9 Å². The molecule has 10 heteroatoms. The van der Waals surface area contributed by atoms with E-state index in [9.17, 15) is 8.42 Å². The van der Waals surface area contributed by atoms with E-state index in [2.05, 4.69) is 14.9 Å². The van der Waals surface area contributed by atoms with Gasteiger partial charge in [0.2, 0.25) is 10.0 Å². The van der Waals surface area contributed by atoms with Gasteiger partial charge in [-0.15, -0.1) is 36.2 Å². The minimum Gasteiger partial charge on any atom is -0.314 e. The molecule has 2 rings (SSSR count). The Morgan fingerprint density at radius 3 is 2.52 bits per heavy atom. The van der Waals surface area contributed by atoms with Crippen LogP contribution < -0.4 is 10.0 Å². The molecule has 5 nitrogen and oxygen atoms in total. The quantitative estimate of drug-likeness (QED) is 0.796. The summed E-state index contributed by atoms with van der Waals surface area (Å²) in [6.45, 7) is 6.82. The molecule has 0 radical (unpaired) electrons. The number of nitrogens with one attached hydrogen (secondary N) is 2. The van der Waals surface area contributed by atoms with Gasteiger partial charge in [-0.25, -0.2) is 13.1 Å². The summed E-state index contributed by atoms with van der Waals surface area (Å²) < 4.78 is 27.5. The van der Waals surface area contributed by atoms with Crippen molar-refractivity contribution in [2.45, 2.75) is 11.1 Å². The molecular weight excluding hydrogens is 377 g/mol. The van der Waals surface area contributed by atoms with Crippen LogP contribution in [0.3, 0.4) is 0 Å². The number of halogens is 3. The summed E-state index contributed by atoms with van der Waals surface area (Å²) in [6, 6.07) is 1.61. The number of aryl methyl sites for hydroxylation is 1. The first-order valence-corrected chi connectivity index (χ1v) is 8.85. The van der Waals surface area contributed by atoms with Gasteiger partial charge in [0.05, 0.1) is 4.34 Å². The van der Waals surface area contributed by atoms with E-state index in [-0.39, 0.29) is 29.0 Å². The molecule has 2 heterocycles. The number of piperazine rings is 1. The van der Waals surface area contributed by atoms with Crippen LogP contribution in [0.1, 0.15) is 5.56 Å². The number of thiophene rings is 1. The second-order valence-electron chi connectivity index (χ2n) is 4.51. The summed E-state index contributed by atoms with van der Waals surface area (Å²) in [6.07, 6.45) is 0. The highest BCUT2D eigenvalue weighted by Crippen LogP contribution is 2.29. The van der Waals surface area contributed by atoms with Gasteiger partial charge in [0.1, 0.15) is 4.21 Å². The predicted molar refractivity (Wildman–Crippen MR) is 93.1 cm³/mol. The van der Waals surface area contributed by atoms with Crippen molar-refractivity contribution in [3.8, 4) is 0 Å². The van der Waals surface area contributed by atoms with Gasteiger partial charge in [0, 0.05) is 39.3 Å². The number of hydrogen-bond donors (Lipinski definition) is 2. The third-order valence-corrected chi connectivity index (χ3v) is 6.52. The predicted octanol–water partition coefficient (Wildman–Crippen LogP) is 1.74. The highest BCUT2D eigenvalue weighted by Gasteiger charge is 2.18. The fourth-order valence-corrected chi connectivity index (χ4v) is 4.68. The molecule has 1 aliphatic rings. The summed E-state index contributed by atoms with van der Waals surface area (Å²) in [7, 11) is -3.42. The van der Waals surface area contributed by atoms with Crippen LogP contribution in [-0.2, 0) is 10.0 Å². The van der Waals surface area contributed by atoms with Crippen LogP contribution in [0, 0.1) is 6.92 Å². The van der Waals surface area contributed by atoms with Gasteiger partial charge in [-0.1, -0.05) is 11.6 Å². The molecule has 2 N–H and O–H groups in total. The molecule has 21 heavy (non-hydrogen) atoms. The van der Waals surface area contributed by atoms with Crippen LogP contribution in [0.2, 0.25) is 4.34 Å². The van der Waals surface area contributed by atoms with Crippen molar-refractivity contribution in [3.63, 3.8) is 0 Å². The Hall–Kier alpha value is 0.400. The molecule has 0 saturated carbocycles. The lowest BCUT2D eigenvalue weighted by atomic mass is 10.3. The Balaban J connectivity index is 0.00000200. The fourth-order valence-electron chi connectivity index (χ4n) is 1.91. The molecule has 0 spiro atoms. The van der Waals surface area contributed by atoms with Crippen molar-refractivity contribution in [1.29, 1.82) is 0 Å². The minimum absolute atomic E-state index is 0. The molecular formula is C11H20Cl3N3O2S2. The maximum absolute atomic E-state index is 12.0. The standard InChI is InChI=1S/C11H18ClN3O2S2.2ClH/c1-9-8-10(18-11(9)12)19(16,17)14-4-7-15-5-2-13-3-6-15;;/h8,13-14H,2-7H2,1H3;2*1H. The average molecular weight is 397 g/mol. The number of sulfonamides is 1. The highest BCUT2D eigenvalue weighted by molar-refractivity contribution is 7.91. The molecule has 0 aromatic carbocycles. The van der Waals surface area contributed by atoms with E-state index in [1.165, 1.54) is 0 Å². The van der Waals surface area contributed by atoms with Gasteiger partial charge in [-0.2, -0.15) is 0 Å². The first-order chi connectivity index (χ1) is 8.99. The number of nitrogens with zero attached hydrogens (tertiary/aromatic N) is 1. The van der Waals surface area contributed by atoms with Crippen molar-refractivity contribution < 1.29 is 8.42 Å². The molecule has 0 aliphatic carbocycles. The Morgan fingerprint density at radius 2 is 2.00 bits per heavy atom. The van der Waals surface area contributed by atoms with E-state index in [4.69, 9.17) is 11.6 Å². The van der Waals surface area contributed by atoms with Crippen LogP contribution in [0.25, 0.3) is 0 Å². The molecule has 1 aromatic rings. The molecule has 1 aromatic heterocycles. The molecule has 0 unspecified atom stereocenters. The molecule has 1 fully saturated rings. The van der Waals surface area contributed by atoms with Gasteiger partial charge in [0.25, 0.3) is 0 Å². The average Bonchev–Trinajstić information content (AvgIpc) is 2.72. The summed E-state index contributed by atoms with van der Waals surface area (Å²) in [5.41, 5.74) is 0.800. The van der Waals surface area contributed by atoms with E-state index >= 15 is 0 Å². The zero-order chi connectivity index (χ0) is 13.9. The van der Waals surface area contributed by atoms with Crippen LogP contribution in [0.4, 0.5) is 0 Å². The first kappa shape index (κ1) is 21.4. The third kappa shape index (κ3) is 6.19. The van der Waals surface area contributed by atoms with Crippen molar-refractivity contribution in [2.24, 2.45) is 0 Å². The van der Waals surface area contributed by atoms with Gasteiger partial charge in [-0.05, 0) is 18.6 Å².